The van der Waals surface area contributed by atoms with Gasteiger partial charge < -0.3 is 16.0 Å². The molecule has 6 nitrogen and oxygen atoms in total. The maximum atomic E-state index is 5.90. The van der Waals surface area contributed by atoms with Gasteiger partial charge in [0.05, 0.1) is 0 Å². The largest absolute Gasteiger partial charge is 0.369 e. The molecular weight excluding hydrogens is 348 g/mol. The molecule has 0 amide bonds. The van der Waals surface area contributed by atoms with Crippen LogP contribution in [0.1, 0.15) is 18.4 Å². The average Bonchev–Trinajstić information content (AvgIpc) is 3.44. The van der Waals surface area contributed by atoms with Gasteiger partial charge in [-0.1, -0.05) is 23.7 Å². The number of rotatable bonds is 6. The van der Waals surface area contributed by atoms with Crippen LogP contribution in [0.4, 0.5) is 17.5 Å². The molecule has 2 heterocycles. The van der Waals surface area contributed by atoms with Gasteiger partial charge in [-0.25, -0.2) is 4.98 Å². The molecule has 2 fully saturated rings. The van der Waals surface area contributed by atoms with Gasteiger partial charge in [-0.3, -0.25) is 4.90 Å². The van der Waals surface area contributed by atoms with Crippen molar-refractivity contribution >= 4 is 29.1 Å². The monoisotopic (exact) mass is 372 g/mol. The van der Waals surface area contributed by atoms with Crippen LogP contribution in [0, 0.1) is 5.92 Å². The zero-order valence-corrected chi connectivity index (χ0v) is 15.6. The third-order valence-corrected chi connectivity index (χ3v) is 5.27. The Morgan fingerprint density at radius 2 is 1.81 bits per heavy atom. The van der Waals surface area contributed by atoms with Gasteiger partial charge in [0.25, 0.3) is 0 Å². The smallest absolute Gasteiger partial charge is 0.223 e. The van der Waals surface area contributed by atoms with E-state index in [1.54, 1.807) is 6.07 Å². The molecule has 7 heteroatoms. The van der Waals surface area contributed by atoms with E-state index in [1.165, 1.54) is 43.7 Å². The first-order chi connectivity index (χ1) is 12.7. The Balaban J connectivity index is 1.29. The normalized spacial score (nSPS) is 18.1. The molecule has 1 aromatic carbocycles. The van der Waals surface area contributed by atoms with E-state index in [2.05, 4.69) is 49.4 Å². The van der Waals surface area contributed by atoms with Gasteiger partial charge >= 0.3 is 0 Å². The van der Waals surface area contributed by atoms with Crippen LogP contribution in [-0.4, -0.2) is 47.6 Å². The maximum absolute atomic E-state index is 5.90. The Morgan fingerprint density at radius 1 is 1.08 bits per heavy atom. The van der Waals surface area contributed by atoms with Crippen molar-refractivity contribution in [2.45, 2.75) is 19.4 Å². The van der Waals surface area contributed by atoms with Gasteiger partial charge in [0.2, 0.25) is 5.95 Å². The minimum Gasteiger partial charge on any atom is -0.369 e. The molecule has 138 valence electrons. The van der Waals surface area contributed by atoms with Crippen LogP contribution in [-0.2, 0) is 6.54 Å². The lowest BCUT2D eigenvalue weighted by atomic mass is 10.1. The lowest BCUT2D eigenvalue weighted by Crippen LogP contribution is -2.47. The summed E-state index contributed by atoms with van der Waals surface area (Å²) in [6, 6.07) is 10.4. The summed E-state index contributed by atoms with van der Waals surface area (Å²) in [5.41, 5.74) is 8.10. The lowest BCUT2D eigenvalue weighted by molar-refractivity contribution is 0.248. The summed E-state index contributed by atoms with van der Waals surface area (Å²) in [6.45, 7) is 6.55. The Bertz CT molecular complexity index is 718. The summed E-state index contributed by atoms with van der Waals surface area (Å²) in [5.74, 6) is 1.79. The molecular formula is C19H25ClN6. The van der Waals surface area contributed by atoms with E-state index in [4.69, 9.17) is 17.3 Å². The van der Waals surface area contributed by atoms with E-state index in [1.807, 2.05) is 0 Å². The molecule has 3 N–H and O–H groups in total. The van der Waals surface area contributed by atoms with E-state index in [0.29, 0.717) is 17.5 Å². The third kappa shape index (κ3) is 4.56. The van der Waals surface area contributed by atoms with Crippen molar-refractivity contribution in [2.24, 2.45) is 5.92 Å². The highest BCUT2D eigenvalue weighted by Gasteiger charge is 2.26. The van der Waals surface area contributed by atoms with E-state index >= 15 is 0 Å². The molecule has 2 aliphatic rings. The van der Waals surface area contributed by atoms with E-state index < -0.39 is 0 Å². The van der Waals surface area contributed by atoms with Crippen molar-refractivity contribution in [3.05, 3.63) is 41.0 Å². The van der Waals surface area contributed by atoms with Crippen LogP contribution >= 0.6 is 11.6 Å². The quantitative estimate of drug-likeness (QED) is 0.760. The molecule has 1 aliphatic heterocycles. The van der Waals surface area contributed by atoms with Crippen LogP contribution in [0.3, 0.4) is 0 Å². The molecule has 4 rings (SSSR count). The number of nitrogens with one attached hydrogen (secondary N) is 1. The van der Waals surface area contributed by atoms with E-state index in [9.17, 15) is 0 Å². The van der Waals surface area contributed by atoms with Crippen LogP contribution in [0.15, 0.2) is 30.3 Å². The topological polar surface area (TPSA) is 70.3 Å². The highest BCUT2D eigenvalue weighted by atomic mass is 35.5. The molecule has 1 saturated heterocycles. The Kier molecular flexibility index (Phi) is 5.13. The van der Waals surface area contributed by atoms with E-state index in [0.717, 1.165) is 19.0 Å². The number of hydrogen-bond donors (Lipinski definition) is 2. The predicted molar refractivity (Wildman–Crippen MR) is 107 cm³/mol. The number of piperazine rings is 1. The number of aromatic nitrogens is 2. The first kappa shape index (κ1) is 17.4. The second-order valence-electron chi connectivity index (χ2n) is 7.19. The molecule has 0 unspecified atom stereocenters. The zero-order valence-electron chi connectivity index (χ0n) is 14.9. The minimum absolute atomic E-state index is 0.177. The van der Waals surface area contributed by atoms with Crippen molar-refractivity contribution < 1.29 is 0 Å². The SMILES string of the molecule is Nc1nc(Cl)cc(NCc2ccc(N3CCN(CC4CC4)CC3)cc2)n1. The molecule has 1 aromatic heterocycles. The summed E-state index contributed by atoms with van der Waals surface area (Å²) in [6.07, 6.45) is 2.87. The van der Waals surface area contributed by atoms with Crippen molar-refractivity contribution in [3.8, 4) is 0 Å². The Morgan fingerprint density at radius 3 is 2.46 bits per heavy atom. The van der Waals surface area contributed by atoms with Crippen LogP contribution < -0.4 is 16.0 Å². The summed E-state index contributed by atoms with van der Waals surface area (Å²) in [7, 11) is 0. The second kappa shape index (κ2) is 7.68. The molecule has 0 radical (unpaired) electrons. The van der Waals surface area contributed by atoms with Gasteiger partial charge in [0.15, 0.2) is 0 Å². The van der Waals surface area contributed by atoms with Gasteiger partial charge in [0, 0.05) is 51.0 Å². The fourth-order valence-corrected chi connectivity index (χ4v) is 3.59. The number of nitrogens with two attached hydrogens (primary N) is 1. The van der Waals surface area contributed by atoms with Crippen molar-refractivity contribution in [1.29, 1.82) is 0 Å². The maximum Gasteiger partial charge on any atom is 0.223 e. The number of benzene rings is 1. The third-order valence-electron chi connectivity index (χ3n) is 5.07. The minimum atomic E-state index is 0.177. The zero-order chi connectivity index (χ0) is 17.9. The van der Waals surface area contributed by atoms with E-state index in [-0.39, 0.29) is 5.95 Å². The van der Waals surface area contributed by atoms with Crippen LogP contribution in [0.5, 0.6) is 0 Å². The summed E-state index contributed by atoms with van der Waals surface area (Å²) in [4.78, 5) is 13.1. The summed E-state index contributed by atoms with van der Waals surface area (Å²) >= 11 is 5.90. The van der Waals surface area contributed by atoms with Crippen molar-refractivity contribution in [2.75, 3.05) is 48.7 Å². The van der Waals surface area contributed by atoms with Gasteiger partial charge in [-0.15, -0.1) is 0 Å². The fourth-order valence-electron chi connectivity index (χ4n) is 3.40. The lowest BCUT2D eigenvalue weighted by Gasteiger charge is -2.36. The molecule has 1 saturated carbocycles. The number of nitrogens with zero attached hydrogens (tertiary/aromatic N) is 4. The number of nitrogen functional groups attached to an aromatic ring is 1. The predicted octanol–water partition coefficient (Wildman–Crippen LogP) is 2.86. The second-order valence-corrected chi connectivity index (χ2v) is 7.57. The summed E-state index contributed by atoms with van der Waals surface area (Å²) < 4.78 is 0. The number of halogens is 1. The average molecular weight is 373 g/mol. The molecule has 2 aromatic rings. The standard InChI is InChI=1S/C19H25ClN6/c20-17-11-18(24-19(21)23-17)22-12-14-3-5-16(6-4-14)26-9-7-25(8-10-26)13-15-1-2-15/h3-6,11,15H,1-2,7-10,12-13H2,(H3,21,22,23,24). The number of hydrogen-bond acceptors (Lipinski definition) is 6. The summed E-state index contributed by atoms with van der Waals surface area (Å²) in [5, 5.41) is 3.58. The van der Waals surface area contributed by atoms with Crippen molar-refractivity contribution in [3.63, 3.8) is 0 Å². The molecule has 26 heavy (non-hydrogen) atoms. The highest BCUT2D eigenvalue weighted by Crippen LogP contribution is 2.30. The highest BCUT2D eigenvalue weighted by molar-refractivity contribution is 6.29. The molecule has 0 atom stereocenters. The Labute approximate surface area is 159 Å². The first-order valence-corrected chi connectivity index (χ1v) is 9.64. The van der Waals surface area contributed by atoms with Gasteiger partial charge in [-0.2, -0.15) is 4.98 Å². The molecule has 1 aliphatic carbocycles. The van der Waals surface area contributed by atoms with Gasteiger partial charge in [0.1, 0.15) is 11.0 Å². The first-order valence-electron chi connectivity index (χ1n) is 9.26. The fraction of sp³-hybridized carbons (Fsp3) is 0.474. The molecule has 0 bridgehead atoms. The van der Waals surface area contributed by atoms with Gasteiger partial charge in [-0.05, 0) is 36.5 Å². The number of anilines is 3. The van der Waals surface area contributed by atoms with Crippen LogP contribution in [0.25, 0.3) is 0 Å². The Hall–Kier alpha value is -2.05. The molecule has 0 spiro atoms. The van der Waals surface area contributed by atoms with Crippen LogP contribution in [0.2, 0.25) is 5.15 Å². The van der Waals surface area contributed by atoms with Crippen molar-refractivity contribution in [1.82, 2.24) is 14.9 Å².